The average molecular weight is 361 g/mol. The summed E-state index contributed by atoms with van der Waals surface area (Å²) in [6.45, 7) is 5.96. The van der Waals surface area contributed by atoms with E-state index >= 15 is 0 Å². The standard InChI is InChI=1S/C17H26Cl2N2O2/c1-12(6-5-9-17(2,3)23)20-16(22)21(4)11-13-7-8-14(18)10-15(13)19/h7-8,10,12,23H,5-6,9,11H2,1-4H3,(H,20,22)/t12-/m1/s1. The molecule has 0 bridgehead atoms. The van der Waals surface area contributed by atoms with E-state index in [1.807, 2.05) is 13.0 Å². The van der Waals surface area contributed by atoms with Crippen molar-refractivity contribution in [2.75, 3.05) is 7.05 Å². The van der Waals surface area contributed by atoms with Crippen LogP contribution >= 0.6 is 23.2 Å². The van der Waals surface area contributed by atoms with Gasteiger partial charge >= 0.3 is 6.03 Å². The van der Waals surface area contributed by atoms with Crippen LogP contribution in [0.15, 0.2) is 18.2 Å². The normalized spacial score (nSPS) is 12.8. The minimum absolute atomic E-state index is 0.0491. The molecule has 1 aromatic carbocycles. The summed E-state index contributed by atoms with van der Waals surface area (Å²) in [6, 6.07) is 5.15. The first-order chi connectivity index (χ1) is 10.6. The van der Waals surface area contributed by atoms with E-state index in [0.717, 1.165) is 18.4 Å². The van der Waals surface area contributed by atoms with Gasteiger partial charge < -0.3 is 15.3 Å². The van der Waals surface area contributed by atoms with Gasteiger partial charge in [-0.15, -0.1) is 0 Å². The highest BCUT2D eigenvalue weighted by Crippen LogP contribution is 2.22. The highest BCUT2D eigenvalue weighted by Gasteiger charge is 2.16. The fraction of sp³-hybridized carbons (Fsp3) is 0.588. The molecule has 1 rings (SSSR count). The van der Waals surface area contributed by atoms with E-state index in [4.69, 9.17) is 23.2 Å². The van der Waals surface area contributed by atoms with E-state index in [1.165, 1.54) is 0 Å². The van der Waals surface area contributed by atoms with E-state index < -0.39 is 5.60 Å². The Hall–Kier alpha value is -0.970. The number of nitrogens with zero attached hydrogens (tertiary/aromatic N) is 1. The number of nitrogens with one attached hydrogen (secondary N) is 1. The molecule has 2 amide bonds. The van der Waals surface area contributed by atoms with Crippen molar-refractivity contribution < 1.29 is 9.90 Å². The largest absolute Gasteiger partial charge is 0.390 e. The predicted molar refractivity (Wildman–Crippen MR) is 96.1 cm³/mol. The molecule has 0 unspecified atom stereocenters. The number of carbonyl (C=O) groups excluding carboxylic acids is 1. The second-order valence-corrected chi connectivity index (χ2v) is 7.49. The molecule has 0 aromatic heterocycles. The van der Waals surface area contributed by atoms with Crippen molar-refractivity contribution >= 4 is 29.2 Å². The predicted octanol–water partition coefficient (Wildman–Crippen LogP) is 4.46. The van der Waals surface area contributed by atoms with Gasteiger partial charge in [0.15, 0.2) is 0 Å². The van der Waals surface area contributed by atoms with Crippen LogP contribution in [-0.4, -0.2) is 34.7 Å². The Morgan fingerprint density at radius 3 is 2.61 bits per heavy atom. The number of benzene rings is 1. The molecule has 4 nitrogen and oxygen atoms in total. The maximum absolute atomic E-state index is 12.2. The van der Waals surface area contributed by atoms with Gasteiger partial charge in [-0.1, -0.05) is 29.3 Å². The van der Waals surface area contributed by atoms with Crippen LogP contribution in [0.2, 0.25) is 10.0 Å². The van der Waals surface area contributed by atoms with Gasteiger partial charge in [-0.2, -0.15) is 0 Å². The number of aliphatic hydroxyl groups is 1. The van der Waals surface area contributed by atoms with Crippen molar-refractivity contribution in [3.63, 3.8) is 0 Å². The molecule has 0 saturated heterocycles. The van der Waals surface area contributed by atoms with Crippen LogP contribution in [0.3, 0.4) is 0 Å². The fourth-order valence-corrected chi connectivity index (χ4v) is 2.68. The fourth-order valence-electron chi connectivity index (χ4n) is 2.21. The molecule has 0 fully saturated rings. The number of amides is 2. The van der Waals surface area contributed by atoms with Crippen molar-refractivity contribution in [2.45, 2.75) is 58.2 Å². The van der Waals surface area contributed by atoms with Crippen LogP contribution < -0.4 is 5.32 Å². The molecule has 1 atom stereocenters. The highest BCUT2D eigenvalue weighted by molar-refractivity contribution is 6.35. The summed E-state index contributed by atoms with van der Waals surface area (Å²) in [5.41, 5.74) is 0.190. The van der Waals surface area contributed by atoms with Crippen molar-refractivity contribution in [1.82, 2.24) is 10.2 Å². The number of carbonyl (C=O) groups is 1. The number of hydrogen-bond acceptors (Lipinski definition) is 2. The van der Waals surface area contributed by atoms with Crippen LogP contribution in [0.1, 0.15) is 45.6 Å². The third-order valence-electron chi connectivity index (χ3n) is 3.56. The third kappa shape index (κ3) is 7.91. The lowest BCUT2D eigenvalue weighted by Gasteiger charge is -2.23. The van der Waals surface area contributed by atoms with Crippen LogP contribution in [0.25, 0.3) is 0 Å². The minimum Gasteiger partial charge on any atom is -0.390 e. The summed E-state index contributed by atoms with van der Waals surface area (Å²) in [7, 11) is 1.73. The Bertz CT molecular complexity index is 530. The van der Waals surface area contributed by atoms with Crippen molar-refractivity contribution in [3.05, 3.63) is 33.8 Å². The van der Waals surface area contributed by atoms with E-state index in [1.54, 1.807) is 37.9 Å². The van der Waals surface area contributed by atoms with Crippen molar-refractivity contribution in [2.24, 2.45) is 0 Å². The molecule has 6 heteroatoms. The molecular formula is C17H26Cl2N2O2. The van der Waals surface area contributed by atoms with Crippen LogP contribution in [-0.2, 0) is 6.54 Å². The number of hydrogen-bond donors (Lipinski definition) is 2. The van der Waals surface area contributed by atoms with Gasteiger partial charge in [-0.25, -0.2) is 4.79 Å². The lowest BCUT2D eigenvalue weighted by Crippen LogP contribution is -2.41. The molecule has 0 radical (unpaired) electrons. The summed E-state index contributed by atoms with van der Waals surface area (Å²) in [4.78, 5) is 13.8. The van der Waals surface area contributed by atoms with Gasteiger partial charge in [0.05, 0.1) is 5.60 Å². The maximum atomic E-state index is 12.2. The Kier molecular flexibility index (Phi) is 7.65. The number of halogens is 2. The summed E-state index contributed by atoms with van der Waals surface area (Å²) in [5, 5.41) is 13.8. The van der Waals surface area contributed by atoms with Crippen molar-refractivity contribution in [3.8, 4) is 0 Å². The summed E-state index contributed by atoms with van der Waals surface area (Å²) < 4.78 is 0. The van der Waals surface area contributed by atoms with Gasteiger partial charge in [0.1, 0.15) is 0 Å². The van der Waals surface area contributed by atoms with E-state index in [9.17, 15) is 9.90 Å². The first-order valence-electron chi connectivity index (χ1n) is 7.76. The molecular weight excluding hydrogens is 335 g/mol. The van der Waals surface area contributed by atoms with Crippen LogP contribution in [0.5, 0.6) is 0 Å². The smallest absolute Gasteiger partial charge is 0.317 e. The highest BCUT2D eigenvalue weighted by atomic mass is 35.5. The zero-order valence-corrected chi connectivity index (χ0v) is 15.7. The van der Waals surface area contributed by atoms with E-state index in [0.29, 0.717) is 23.0 Å². The van der Waals surface area contributed by atoms with Crippen molar-refractivity contribution in [1.29, 1.82) is 0 Å². The Morgan fingerprint density at radius 2 is 2.04 bits per heavy atom. The maximum Gasteiger partial charge on any atom is 0.317 e. The van der Waals surface area contributed by atoms with Crippen LogP contribution in [0, 0.1) is 0 Å². The SMILES string of the molecule is C[C@H](CCCC(C)(C)O)NC(=O)N(C)Cc1ccc(Cl)cc1Cl. The van der Waals surface area contributed by atoms with Crippen LogP contribution in [0.4, 0.5) is 4.79 Å². The average Bonchev–Trinajstić information content (AvgIpc) is 2.40. The molecule has 2 N–H and O–H groups in total. The Balaban J connectivity index is 2.44. The molecule has 0 aliphatic heterocycles. The molecule has 23 heavy (non-hydrogen) atoms. The first-order valence-corrected chi connectivity index (χ1v) is 8.52. The monoisotopic (exact) mass is 360 g/mol. The second kappa shape index (κ2) is 8.76. The Morgan fingerprint density at radius 1 is 1.39 bits per heavy atom. The molecule has 1 aromatic rings. The second-order valence-electron chi connectivity index (χ2n) is 6.65. The molecule has 0 heterocycles. The summed E-state index contributed by atoms with van der Waals surface area (Å²) >= 11 is 12.0. The first kappa shape index (κ1) is 20.1. The van der Waals surface area contributed by atoms with E-state index in [2.05, 4.69) is 5.32 Å². The zero-order valence-electron chi connectivity index (χ0n) is 14.2. The Labute approximate surface area is 148 Å². The molecule has 130 valence electrons. The van der Waals surface area contributed by atoms with Gasteiger partial charge in [-0.05, 0) is 57.7 Å². The van der Waals surface area contributed by atoms with Gasteiger partial charge in [0.25, 0.3) is 0 Å². The van der Waals surface area contributed by atoms with Gasteiger partial charge in [-0.3, -0.25) is 0 Å². The molecule has 0 aliphatic rings. The molecule has 0 saturated carbocycles. The zero-order chi connectivity index (χ0) is 17.6. The number of urea groups is 1. The summed E-state index contributed by atoms with van der Waals surface area (Å²) in [5.74, 6) is 0. The summed E-state index contributed by atoms with van der Waals surface area (Å²) in [6.07, 6.45) is 2.40. The molecule has 0 aliphatic carbocycles. The van der Waals surface area contributed by atoms with E-state index in [-0.39, 0.29) is 12.1 Å². The quantitative estimate of drug-likeness (QED) is 0.753. The lowest BCUT2D eigenvalue weighted by atomic mass is 10.00. The minimum atomic E-state index is -0.661. The van der Waals surface area contributed by atoms with Gasteiger partial charge in [0, 0.05) is 29.7 Å². The third-order valence-corrected chi connectivity index (χ3v) is 4.15. The van der Waals surface area contributed by atoms with Gasteiger partial charge in [0.2, 0.25) is 0 Å². The molecule has 0 spiro atoms. The lowest BCUT2D eigenvalue weighted by molar-refractivity contribution is 0.0676. The number of rotatable bonds is 7. The topological polar surface area (TPSA) is 52.6 Å².